The highest BCUT2D eigenvalue weighted by atomic mass is 16.5. The molecule has 124 valence electrons. The molecule has 0 bridgehead atoms. The van der Waals surface area contributed by atoms with Gasteiger partial charge in [-0.15, -0.1) is 0 Å². The van der Waals surface area contributed by atoms with Crippen LogP contribution in [0.15, 0.2) is 36.4 Å². The molecule has 2 rings (SSSR count). The zero-order valence-corrected chi connectivity index (χ0v) is 13.9. The maximum absolute atomic E-state index is 12.7. The second kappa shape index (κ2) is 7.81. The summed E-state index contributed by atoms with van der Waals surface area (Å²) in [5.41, 5.74) is 0.475. The number of nitrogens with one attached hydrogen (secondary N) is 1. The van der Waals surface area contributed by atoms with Gasteiger partial charge in [0, 0.05) is 20.0 Å². The number of hydrogen-bond donors (Lipinski definition) is 1. The van der Waals surface area contributed by atoms with Crippen LogP contribution < -0.4 is 10.1 Å². The van der Waals surface area contributed by atoms with Gasteiger partial charge in [-0.05, 0) is 32.4 Å². The Balaban J connectivity index is 2.32. The van der Waals surface area contributed by atoms with E-state index < -0.39 is 6.04 Å². The minimum absolute atomic E-state index is 0.0274. The maximum Gasteiger partial charge on any atom is 0.258 e. The van der Waals surface area contributed by atoms with Crippen LogP contribution in [0.5, 0.6) is 5.75 Å². The fourth-order valence-corrected chi connectivity index (χ4v) is 2.38. The zero-order chi connectivity index (χ0) is 16.8. The van der Waals surface area contributed by atoms with Crippen LogP contribution in [0.3, 0.4) is 0 Å². The second-order valence-electron chi connectivity index (χ2n) is 5.80. The minimum Gasteiger partial charge on any atom is -0.490 e. The molecule has 0 saturated heterocycles. The fraction of sp³-hybridized carbons (Fsp3) is 0.444. The van der Waals surface area contributed by atoms with E-state index in [2.05, 4.69) is 5.32 Å². The monoisotopic (exact) mass is 316 g/mol. The van der Waals surface area contributed by atoms with E-state index >= 15 is 0 Å². The van der Waals surface area contributed by atoms with Gasteiger partial charge in [-0.25, -0.2) is 0 Å². The van der Waals surface area contributed by atoms with E-state index in [0.717, 1.165) is 12.8 Å². The first-order chi connectivity index (χ1) is 11.0. The number of amides is 2. The molecule has 23 heavy (non-hydrogen) atoms. The zero-order valence-electron chi connectivity index (χ0n) is 13.9. The number of nitrogens with zero attached hydrogens (tertiary/aromatic N) is 1. The van der Waals surface area contributed by atoms with Gasteiger partial charge in [0.05, 0.1) is 11.7 Å². The number of likely N-dealkylation sites (N-methyl/N-ethyl adjacent to an activating group) is 1. The molecule has 1 heterocycles. The van der Waals surface area contributed by atoms with Crippen LogP contribution in [-0.4, -0.2) is 42.5 Å². The summed E-state index contributed by atoms with van der Waals surface area (Å²) in [4.78, 5) is 26.3. The van der Waals surface area contributed by atoms with Gasteiger partial charge < -0.3 is 15.0 Å². The summed E-state index contributed by atoms with van der Waals surface area (Å²) in [7, 11) is 1.64. The molecular weight excluding hydrogens is 292 g/mol. The van der Waals surface area contributed by atoms with E-state index in [-0.39, 0.29) is 17.9 Å². The molecule has 1 aromatic carbocycles. The smallest absolute Gasteiger partial charge is 0.258 e. The van der Waals surface area contributed by atoms with Gasteiger partial charge in [0.15, 0.2) is 0 Å². The van der Waals surface area contributed by atoms with E-state index in [9.17, 15) is 9.59 Å². The van der Waals surface area contributed by atoms with E-state index in [1.54, 1.807) is 32.2 Å². The van der Waals surface area contributed by atoms with Gasteiger partial charge in [0.1, 0.15) is 11.8 Å². The molecule has 0 saturated carbocycles. The van der Waals surface area contributed by atoms with Crippen LogP contribution in [0.1, 0.15) is 37.0 Å². The molecule has 0 aliphatic carbocycles. The Bertz CT molecular complexity index is 598. The van der Waals surface area contributed by atoms with Crippen molar-refractivity contribution in [2.24, 2.45) is 0 Å². The van der Waals surface area contributed by atoms with Crippen molar-refractivity contribution in [2.45, 2.75) is 38.8 Å². The quantitative estimate of drug-likeness (QED) is 0.748. The van der Waals surface area contributed by atoms with Crippen molar-refractivity contribution in [1.82, 2.24) is 10.2 Å². The Labute approximate surface area is 137 Å². The van der Waals surface area contributed by atoms with E-state index in [1.807, 2.05) is 25.1 Å². The molecule has 0 spiro atoms. The number of ether oxygens (including phenoxy) is 1. The first kappa shape index (κ1) is 17.1. The van der Waals surface area contributed by atoms with Crippen LogP contribution in [0.4, 0.5) is 0 Å². The van der Waals surface area contributed by atoms with Crippen LogP contribution in [0, 0.1) is 0 Å². The van der Waals surface area contributed by atoms with Gasteiger partial charge in [0.25, 0.3) is 5.91 Å². The summed E-state index contributed by atoms with van der Waals surface area (Å²) in [6.45, 7) is 4.26. The molecule has 1 aliphatic rings. The van der Waals surface area contributed by atoms with Gasteiger partial charge in [-0.2, -0.15) is 0 Å². The molecule has 0 radical (unpaired) electrons. The molecule has 1 N–H and O–H groups in total. The van der Waals surface area contributed by atoms with Crippen molar-refractivity contribution in [2.75, 3.05) is 13.6 Å². The van der Waals surface area contributed by atoms with Crippen molar-refractivity contribution < 1.29 is 14.3 Å². The van der Waals surface area contributed by atoms with Gasteiger partial charge >= 0.3 is 0 Å². The number of rotatable bonds is 0. The van der Waals surface area contributed by atoms with Crippen molar-refractivity contribution in [1.29, 1.82) is 0 Å². The standard InChI is InChI=1S/C18H24N2O3/c1-13-9-5-4-8-12-19-17(21)14(2)20(3)18(22)15-10-6-7-11-16(15)23-13/h4-7,10-11,13-14H,8-9,12H2,1-3H3,(H,19,21)/b5-4+/t13-,14+/m1/s1. The SMILES string of the molecule is C[C@@H]1C/C=C/CCNC(=O)[C@H](C)N(C)C(=O)c2ccccc2O1. The van der Waals surface area contributed by atoms with Crippen LogP contribution >= 0.6 is 0 Å². The lowest BCUT2D eigenvalue weighted by Crippen LogP contribution is -2.46. The topological polar surface area (TPSA) is 58.6 Å². The Morgan fingerprint density at radius 1 is 1.17 bits per heavy atom. The summed E-state index contributed by atoms with van der Waals surface area (Å²) in [5, 5.41) is 2.86. The normalized spacial score (nSPS) is 24.9. The number of hydrogen-bond acceptors (Lipinski definition) is 3. The maximum atomic E-state index is 12.7. The fourth-order valence-electron chi connectivity index (χ4n) is 2.38. The Morgan fingerprint density at radius 2 is 1.91 bits per heavy atom. The molecule has 0 aromatic heterocycles. The summed E-state index contributed by atoms with van der Waals surface area (Å²) in [5.74, 6) is 0.177. The molecule has 0 fully saturated rings. The highest BCUT2D eigenvalue weighted by Crippen LogP contribution is 2.22. The molecular formula is C18H24N2O3. The minimum atomic E-state index is -0.542. The summed E-state index contributed by atoms with van der Waals surface area (Å²) in [6.07, 6.45) is 5.57. The number of carbonyl (C=O) groups is 2. The third kappa shape index (κ3) is 4.34. The number of fused-ring (bicyclic) bond motifs is 1. The van der Waals surface area contributed by atoms with Crippen LogP contribution in [0.2, 0.25) is 0 Å². The van der Waals surface area contributed by atoms with E-state index in [1.165, 1.54) is 4.90 Å². The predicted molar refractivity (Wildman–Crippen MR) is 89.5 cm³/mol. The van der Waals surface area contributed by atoms with Gasteiger partial charge in [-0.1, -0.05) is 24.3 Å². The molecule has 2 atom stereocenters. The third-order valence-corrected chi connectivity index (χ3v) is 3.97. The summed E-state index contributed by atoms with van der Waals surface area (Å²) in [6, 6.07) is 6.62. The molecule has 1 aromatic rings. The van der Waals surface area contributed by atoms with Crippen molar-refractivity contribution >= 4 is 11.8 Å². The lowest BCUT2D eigenvalue weighted by molar-refractivity contribution is -0.124. The van der Waals surface area contributed by atoms with Crippen LogP contribution in [-0.2, 0) is 4.79 Å². The first-order valence-electron chi connectivity index (χ1n) is 7.96. The summed E-state index contributed by atoms with van der Waals surface area (Å²) < 4.78 is 5.92. The predicted octanol–water partition coefficient (Wildman–Crippen LogP) is 2.38. The average Bonchev–Trinajstić information content (AvgIpc) is 2.55. The van der Waals surface area contributed by atoms with Gasteiger partial charge in [0.2, 0.25) is 5.91 Å². The Morgan fingerprint density at radius 3 is 2.70 bits per heavy atom. The highest BCUT2D eigenvalue weighted by Gasteiger charge is 2.25. The molecule has 5 heteroatoms. The van der Waals surface area contributed by atoms with Crippen LogP contribution in [0.25, 0.3) is 0 Å². The van der Waals surface area contributed by atoms with Crippen molar-refractivity contribution in [3.8, 4) is 5.75 Å². The Kier molecular flexibility index (Phi) is 5.79. The van der Waals surface area contributed by atoms with Crippen molar-refractivity contribution in [3.05, 3.63) is 42.0 Å². The third-order valence-electron chi connectivity index (χ3n) is 3.97. The lowest BCUT2D eigenvalue weighted by Gasteiger charge is -2.26. The van der Waals surface area contributed by atoms with Gasteiger partial charge in [-0.3, -0.25) is 9.59 Å². The second-order valence-corrected chi connectivity index (χ2v) is 5.80. The highest BCUT2D eigenvalue weighted by molar-refractivity contribution is 5.99. The number of benzene rings is 1. The number of para-hydroxylation sites is 1. The first-order valence-corrected chi connectivity index (χ1v) is 7.96. The summed E-state index contributed by atoms with van der Waals surface area (Å²) >= 11 is 0. The van der Waals surface area contributed by atoms with Crippen molar-refractivity contribution in [3.63, 3.8) is 0 Å². The van der Waals surface area contributed by atoms with E-state index in [4.69, 9.17) is 4.74 Å². The molecule has 5 nitrogen and oxygen atoms in total. The lowest BCUT2D eigenvalue weighted by atomic mass is 10.1. The molecule has 0 unspecified atom stereocenters. The average molecular weight is 316 g/mol. The molecule has 2 amide bonds. The van der Waals surface area contributed by atoms with E-state index in [0.29, 0.717) is 17.9 Å². The molecule has 1 aliphatic heterocycles. The largest absolute Gasteiger partial charge is 0.490 e. The number of carbonyl (C=O) groups excluding carboxylic acids is 2. The Hall–Kier alpha value is -2.30.